The van der Waals surface area contributed by atoms with Gasteiger partial charge < -0.3 is 4.74 Å². The molecule has 0 bridgehead atoms. The molecule has 0 aromatic carbocycles. The molecule has 0 fully saturated rings. The van der Waals surface area contributed by atoms with Gasteiger partial charge in [0.25, 0.3) is 0 Å². The Bertz CT molecular complexity index is 211. The first-order chi connectivity index (χ1) is 7.57. The molecule has 0 aliphatic carbocycles. The molecule has 3 heteroatoms. The Balaban J connectivity index is 3.41. The van der Waals surface area contributed by atoms with E-state index in [-0.39, 0.29) is 24.3 Å². The van der Waals surface area contributed by atoms with Crippen molar-refractivity contribution in [2.24, 2.45) is 5.92 Å². The van der Waals surface area contributed by atoms with Crippen LogP contribution >= 0.6 is 0 Å². The molecule has 0 N–H and O–H groups in total. The number of hydrogen-bond donors (Lipinski definition) is 0. The van der Waals surface area contributed by atoms with Crippen molar-refractivity contribution in [3.8, 4) is 0 Å². The average Bonchev–Trinajstić information content (AvgIpc) is 2.25. The molecule has 0 saturated carbocycles. The summed E-state index contributed by atoms with van der Waals surface area (Å²) in [7, 11) is 0. The fourth-order valence-electron chi connectivity index (χ4n) is 1.28. The van der Waals surface area contributed by atoms with Gasteiger partial charge in [0, 0.05) is 12.3 Å². The molecule has 16 heavy (non-hydrogen) atoms. The van der Waals surface area contributed by atoms with Crippen LogP contribution in [0.2, 0.25) is 0 Å². The molecular formula is C13H24O3. The molecule has 0 aromatic heterocycles. The van der Waals surface area contributed by atoms with Crippen LogP contribution in [-0.2, 0) is 14.3 Å². The molecule has 1 atom stereocenters. The van der Waals surface area contributed by atoms with Gasteiger partial charge in [-0.3, -0.25) is 9.59 Å². The summed E-state index contributed by atoms with van der Waals surface area (Å²) in [6.07, 6.45) is 6.09. The van der Waals surface area contributed by atoms with E-state index in [1.54, 1.807) is 6.92 Å². The third-order valence-electron chi connectivity index (χ3n) is 2.67. The van der Waals surface area contributed by atoms with Crippen LogP contribution in [0.5, 0.6) is 0 Å². The maximum absolute atomic E-state index is 11.3. The van der Waals surface area contributed by atoms with Gasteiger partial charge in [0.15, 0.2) is 0 Å². The summed E-state index contributed by atoms with van der Waals surface area (Å²) in [4.78, 5) is 22.2. The number of carbonyl (C=O) groups excluding carboxylic acids is 2. The zero-order valence-electron chi connectivity index (χ0n) is 10.8. The minimum absolute atomic E-state index is 0.0655. The molecule has 0 aliphatic rings. The van der Waals surface area contributed by atoms with Crippen molar-refractivity contribution < 1.29 is 14.3 Å². The lowest BCUT2D eigenvalue weighted by atomic mass is 10.1. The molecular weight excluding hydrogens is 204 g/mol. The van der Waals surface area contributed by atoms with E-state index in [2.05, 4.69) is 6.92 Å². The SMILES string of the molecule is CCCCCCCC(=O)OCC(C)C(C)=O. The van der Waals surface area contributed by atoms with E-state index in [9.17, 15) is 9.59 Å². The fourth-order valence-corrected chi connectivity index (χ4v) is 1.28. The van der Waals surface area contributed by atoms with Crippen molar-refractivity contribution in [3.63, 3.8) is 0 Å². The highest BCUT2D eigenvalue weighted by atomic mass is 16.5. The van der Waals surface area contributed by atoms with Gasteiger partial charge in [-0.25, -0.2) is 0 Å². The van der Waals surface area contributed by atoms with Gasteiger partial charge >= 0.3 is 5.97 Å². The molecule has 1 unspecified atom stereocenters. The number of Topliss-reactive ketones (excluding diaryl/α,β-unsaturated/α-hetero) is 1. The second-order valence-electron chi connectivity index (χ2n) is 4.36. The van der Waals surface area contributed by atoms with Crippen LogP contribution in [0.15, 0.2) is 0 Å². The highest BCUT2D eigenvalue weighted by Gasteiger charge is 2.10. The Hall–Kier alpha value is -0.860. The summed E-state index contributed by atoms with van der Waals surface area (Å²) in [6.45, 7) is 5.68. The monoisotopic (exact) mass is 228 g/mol. The Kier molecular flexibility index (Phi) is 8.87. The van der Waals surface area contributed by atoms with E-state index < -0.39 is 0 Å². The summed E-state index contributed by atoms with van der Waals surface area (Å²) >= 11 is 0. The number of rotatable bonds is 9. The van der Waals surface area contributed by atoms with Gasteiger partial charge in [-0.05, 0) is 13.3 Å². The molecule has 0 radical (unpaired) electrons. The van der Waals surface area contributed by atoms with Crippen molar-refractivity contribution in [2.75, 3.05) is 6.61 Å². The zero-order chi connectivity index (χ0) is 12.4. The van der Waals surface area contributed by atoms with Gasteiger partial charge in [-0.15, -0.1) is 0 Å². The van der Waals surface area contributed by atoms with Crippen LogP contribution in [0.25, 0.3) is 0 Å². The maximum atomic E-state index is 11.3. The van der Waals surface area contributed by atoms with Gasteiger partial charge in [-0.2, -0.15) is 0 Å². The summed E-state index contributed by atoms with van der Waals surface area (Å²) in [5, 5.41) is 0. The van der Waals surface area contributed by atoms with Crippen molar-refractivity contribution in [2.45, 2.75) is 59.3 Å². The van der Waals surface area contributed by atoms with Crippen LogP contribution in [0.3, 0.4) is 0 Å². The van der Waals surface area contributed by atoms with Crippen LogP contribution in [0.1, 0.15) is 59.3 Å². The van der Waals surface area contributed by atoms with E-state index in [4.69, 9.17) is 4.74 Å². The van der Waals surface area contributed by atoms with Crippen LogP contribution in [-0.4, -0.2) is 18.4 Å². The van der Waals surface area contributed by atoms with Gasteiger partial charge in [0.05, 0.1) is 0 Å². The van der Waals surface area contributed by atoms with Gasteiger partial charge in [-0.1, -0.05) is 39.5 Å². The predicted molar refractivity (Wildman–Crippen MR) is 64.2 cm³/mol. The number of ether oxygens (including phenoxy) is 1. The smallest absolute Gasteiger partial charge is 0.305 e. The Morgan fingerprint density at radius 2 is 1.75 bits per heavy atom. The third kappa shape index (κ3) is 8.45. The number of esters is 1. The molecule has 94 valence electrons. The minimum Gasteiger partial charge on any atom is -0.465 e. The van der Waals surface area contributed by atoms with Crippen molar-refractivity contribution in [3.05, 3.63) is 0 Å². The van der Waals surface area contributed by atoms with E-state index in [1.165, 1.54) is 26.2 Å². The Labute approximate surface area is 98.6 Å². The first-order valence-corrected chi connectivity index (χ1v) is 6.24. The molecule has 0 spiro atoms. The van der Waals surface area contributed by atoms with Crippen LogP contribution in [0.4, 0.5) is 0 Å². The quantitative estimate of drug-likeness (QED) is 0.450. The average molecular weight is 228 g/mol. The lowest BCUT2D eigenvalue weighted by molar-refractivity contribution is -0.145. The largest absolute Gasteiger partial charge is 0.465 e. The molecule has 3 nitrogen and oxygen atoms in total. The minimum atomic E-state index is -0.177. The molecule has 0 aliphatic heterocycles. The summed E-state index contributed by atoms with van der Waals surface area (Å²) < 4.78 is 5.01. The Morgan fingerprint density at radius 1 is 1.12 bits per heavy atom. The van der Waals surface area contributed by atoms with E-state index in [0.29, 0.717) is 6.42 Å². The molecule has 0 aromatic rings. The lowest BCUT2D eigenvalue weighted by Crippen LogP contribution is -2.17. The molecule has 0 rings (SSSR count). The second-order valence-corrected chi connectivity index (χ2v) is 4.36. The van der Waals surface area contributed by atoms with Crippen molar-refractivity contribution >= 4 is 11.8 Å². The van der Waals surface area contributed by atoms with E-state index in [1.807, 2.05) is 0 Å². The van der Waals surface area contributed by atoms with E-state index >= 15 is 0 Å². The summed E-state index contributed by atoms with van der Waals surface area (Å²) in [5.41, 5.74) is 0. The van der Waals surface area contributed by atoms with Gasteiger partial charge in [0.1, 0.15) is 12.4 Å². The molecule has 0 heterocycles. The highest BCUT2D eigenvalue weighted by molar-refractivity contribution is 5.78. The lowest BCUT2D eigenvalue weighted by Gasteiger charge is -2.08. The van der Waals surface area contributed by atoms with Crippen molar-refractivity contribution in [1.29, 1.82) is 0 Å². The topological polar surface area (TPSA) is 43.4 Å². The van der Waals surface area contributed by atoms with Gasteiger partial charge in [0.2, 0.25) is 0 Å². The first kappa shape index (κ1) is 15.1. The first-order valence-electron chi connectivity index (χ1n) is 6.24. The summed E-state index contributed by atoms with van der Waals surface area (Å²) in [6, 6.07) is 0. The molecule has 0 amide bonds. The van der Waals surface area contributed by atoms with Crippen molar-refractivity contribution in [1.82, 2.24) is 0 Å². The Morgan fingerprint density at radius 3 is 2.31 bits per heavy atom. The normalized spacial score (nSPS) is 12.2. The number of ketones is 1. The zero-order valence-corrected chi connectivity index (χ0v) is 10.8. The number of carbonyl (C=O) groups is 2. The molecule has 0 saturated heterocycles. The number of unbranched alkanes of at least 4 members (excludes halogenated alkanes) is 4. The maximum Gasteiger partial charge on any atom is 0.305 e. The standard InChI is InChI=1S/C13H24O3/c1-4-5-6-7-8-9-13(15)16-10-11(2)12(3)14/h11H,4-10H2,1-3H3. The predicted octanol–water partition coefficient (Wildman–Crippen LogP) is 3.12. The highest BCUT2D eigenvalue weighted by Crippen LogP contribution is 2.06. The van der Waals surface area contributed by atoms with Crippen LogP contribution in [0, 0.1) is 5.92 Å². The number of hydrogen-bond acceptors (Lipinski definition) is 3. The van der Waals surface area contributed by atoms with E-state index in [0.717, 1.165) is 12.8 Å². The summed E-state index contributed by atoms with van der Waals surface area (Å²) in [5.74, 6) is -0.288. The fraction of sp³-hybridized carbons (Fsp3) is 0.846. The second kappa shape index (κ2) is 9.37. The van der Waals surface area contributed by atoms with Crippen LogP contribution < -0.4 is 0 Å². The third-order valence-corrected chi connectivity index (χ3v) is 2.67.